The van der Waals surface area contributed by atoms with Gasteiger partial charge in [-0.15, -0.1) is 11.6 Å². The van der Waals surface area contributed by atoms with E-state index in [2.05, 4.69) is 15.8 Å². The zero-order valence-corrected chi connectivity index (χ0v) is 16.7. The Balaban J connectivity index is 1.57. The second kappa shape index (κ2) is 8.94. The largest absolute Gasteiger partial charge is 0.496 e. The molecule has 1 aliphatic heterocycles. The maximum absolute atomic E-state index is 12.5. The van der Waals surface area contributed by atoms with Crippen molar-refractivity contribution in [3.63, 3.8) is 0 Å². The third-order valence-corrected chi connectivity index (χ3v) is 5.71. The number of nitrogens with zero attached hydrogens (tertiary/aromatic N) is 1. The lowest BCUT2D eigenvalue weighted by molar-refractivity contribution is -0.136. The van der Waals surface area contributed by atoms with Gasteiger partial charge in [-0.25, -0.2) is 5.43 Å². The maximum atomic E-state index is 12.5. The summed E-state index contributed by atoms with van der Waals surface area (Å²) in [5.74, 6) is -2.49. The Morgan fingerprint density at radius 2 is 2.00 bits per heavy atom. The smallest absolute Gasteiger partial charge is 0.329 e. The molecule has 28 heavy (non-hydrogen) atoms. The van der Waals surface area contributed by atoms with E-state index in [0.29, 0.717) is 12.8 Å². The fraction of sp³-hybridized carbons (Fsp3) is 0.333. The number of alkyl halides is 1. The molecule has 0 spiro atoms. The van der Waals surface area contributed by atoms with Crippen LogP contribution in [0.5, 0.6) is 0 Å². The lowest BCUT2D eigenvalue weighted by Gasteiger charge is -2.35. The highest BCUT2D eigenvalue weighted by Crippen LogP contribution is 2.35. The summed E-state index contributed by atoms with van der Waals surface area (Å²) in [4.78, 5) is 36.3. The number of amides is 2. The second-order valence-corrected chi connectivity index (χ2v) is 7.79. The van der Waals surface area contributed by atoms with Crippen LogP contribution < -0.4 is 10.7 Å². The van der Waals surface area contributed by atoms with Gasteiger partial charge in [-0.05, 0) is 31.4 Å². The van der Waals surface area contributed by atoms with Gasteiger partial charge >= 0.3 is 11.8 Å². The van der Waals surface area contributed by atoms with E-state index in [1.54, 1.807) is 12.1 Å². The number of ketones is 1. The van der Waals surface area contributed by atoms with Crippen LogP contribution in [-0.2, 0) is 19.1 Å². The highest BCUT2D eigenvalue weighted by atomic mass is 35.5. The summed E-state index contributed by atoms with van der Waals surface area (Å²) in [7, 11) is 0. The number of halogens is 3. The van der Waals surface area contributed by atoms with Crippen LogP contribution in [0, 0.1) is 5.92 Å². The first-order valence-electron chi connectivity index (χ1n) is 8.49. The molecule has 1 aliphatic carbocycles. The van der Waals surface area contributed by atoms with Crippen LogP contribution in [0.4, 0.5) is 5.69 Å². The molecule has 2 N–H and O–H groups in total. The Bertz CT molecular complexity index is 872. The Hall–Kier alpha value is -2.09. The highest BCUT2D eigenvalue weighted by molar-refractivity contribution is 6.45. The standard InChI is InChI=1S/C18H16Cl3N3O4/c19-10-4-5-14-11(6-10)16(25)9(8-28-14)7-22-24-18(27)17(26)23-13-3-1-2-12(20)15(13)21/h1-3,7-8,10-11,14H,4-6H2,(H,23,26)(H,24,27)/b22-7+. The van der Waals surface area contributed by atoms with E-state index in [0.717, 1.165) is 12.6 Å². The van der Waals surface area contributed by atoms with Crippen LogP contribution >= 0.6 is 34.8 Å². The molecule has 10 heteroatoms. The number of rotatable bonds is 3. The minimum absolute atomic E-state index is 0.0631. The predicted molar refractivity (Wildman–Crippen MR) is 107 cm³/mol. The monoisotopic (exact) mass is 443 g/mol. The lowest BCUT2D eigenvalue weighted by atomic mass is 9.80. The van der Waals surface area contributed by atoms with Crippen LogP contribution in [0.3, 0.4) is 0 Å². The van der Waals surface area contributed by atoms with Crippen molar-refractivity contribution in [3.05, 3.63) is 40.1 Å². The first-order valence-corrected chi connectivity index (χ1v) is 9.68. The number of hydrogen-bond acceptors (Lipinski definition) is 5. The van der Waals surface area contributed by atoms with E-state index >= 15 is 0 Å². The molecular formula is C18H16Cl3N3O4. The molecule has 1 fully saturated rings. The molecular weight excluding hydrogens is 429 g/mol. The van der Waals surface area contributed by atoms with Crippen LogP contribution in [0.2, 0.25) is 10.0 Å². The van der Waals surface area contributed by atoms with Gasteiger partial charge in [0.25, 0.3) is 0 Å². The molecule has 1 aromatic rings. The number of carbonyl (C=O) groups excluding carboxylic acids is 3. The number of anilines is 1. The Kier molecular flexibility index (Phi) is 6.59. The normalized spacial score (nSPS) is 24.2. The molecule has 7 nitrogen and oxygen atoms in total. The minimum atomic E-state index is -1.03. The van der Waals surface area contributed by atoms with Crippen molar-refractivity contribution in [2.75, 3.05) is 5.32 Å². The Morgan fingerprint density at radius 1 is 1.21 bits per heavy atom. The fourth-order valence-electron chi connectivity index (χ4n) is 3.05. The number of hydrazone groups is 1. The average molecular weight is 445 g/mol. The number of ether oxygens (including phenoxy) is 1. The topological polar surface area (TPSA) is 96.9 Å². The Morgan fingerprint density at radius 3 is 2.79 bits per heavy atom. The molecule has 1 aromatic carbocycles. The van der Waals surface area contributed by atoms with E-state index in [1.165, 1.54) is 12.3 Å². The van der Waals surface area contributed by atoms with Crippen molar-refractivity contribution >= 4 is 64.3 Å². The van der Waals surface area contributed by atoms with Crippen LogP contribution in [0.15, 0.2) is 35.1 Å². The molecule has 0 bridgehead atoms. The summed E-state index contributed by atoms with van der Waals surface area (Å²) in [6.45, 7) is 0. The summed E-state index contributed by atoms with van der Waals surface area (Å²) >= 11 is 17.9. The number of fused-ring (bicyclic) bond motifs is 1. The van der Waals surface area contributed by atoms with E-state index in [1.807, 2.05) is 0 Å². The van der Waals surface area contributed by atoms with Crippen molar-refractivity contribution in [3.8, 4) is 0 Å². The van der Waals surface area contributed by atoms with Gasteiger partial charge in [-0.1, -0.05) is 29.3 Å². The Labute approximate surface area is 176 Å². The molecule has 0 radical (unpaired) electrons. The van der Waals surface area contributed by atoms with E-state index < -0.39 is 11.8 Å². The number of benzene rings is 1. The van der Waals surface area contributed by atoms with E-state index in [-0.39, 0.29) is 44.5 Å². The van der Waals surface area contributed by atoms with Crippen molar-refractivity contribution in [1.29, 1.82) is 0 Å². The summed E-state index contributed by atoms with van der Waals surface area (Å²) < 4.78 is 5.57. The predicted octanol–water partition coefficient (Wildman–Crippen LogP) is 3.29. The fourth-order valence-corrected chi connectivity index (χ4v) is 3.71. The quantitative estimate of drug-likeness (QED) is 0.323. The minimum Gasteiger partial charge on any atom is -0.496 e. The van der Waals surface area contributed by atoms with Crippen LogP contribution in [0.1, 0.15) is 19.3 Å². The number of carbonyl (C=O) groups is 3. The van der Waals surface area contributed by atoms with Crippen molar-refractivity contribution in [2.24, 2.45) is 11.0 Å². The molecule has 3 atom stereocenters. The number of nitrogens with one attached hydrogen (secondary N) is 2. The first kappa shape index (κ1) is 20.6. The van der Waals surface area contributed by atoms with Gasteiger partial charge in [-0.2, -0.15) is 5.10 Å². The third-order valence-electron chi connectivity index (χ3n) is 4.49. The molecule has 0 saturated heterocycles. The van der Waals surface area contributed by atoms with Crippen LogP contribution in [0.25, 0.3) is 0 Å². The molecule has 3 rings (SSSR count). The first-order chi connectivity index (χ1) is 13.4. The number of Topliss-reactive ketones (excluding diaryl/α,β-unsaturated/α-hetero) is 1. The molecule has 1 saturated carbocycles. The molecule has 2 amide bonds. The molecule has 1 heterocycles. The summed E-state index contributed by atoms with van der Waals surface area (Å²) in [5.41, 5.74) is 2.44. The van der Waals surface area contributed by atoms with Crippen molar-refractivity contribution in [1.82, 2.24) is 5.43 Å². The molecule has 0 aromatic heterocycles. The zero-order chi connectivity index (χ0) is 20.3. The van der Waals surface area contributed by atoms with E-state index in [9.17, 15) is 14.4 Å². The van der Waals surface area contributed by atoms with Gasteiger partial charge in [0.2, 0.25) is 0 Å². The van der Waals surface area contributed by atoms with Gasteiger partial charge in [0.15, 0.2) is 5.78 Å². The number of hydrogen-bond donors (Lipinski definition) is 2. The van der Waals surface area contributed by atoms with Gasteiger partial charge in [0.05, 0.1) is 39.7 Å². The molecule has 2 aliphatic rings. The molecule has 3 unspecified atom stereocenters. The van der Waals surface area contributed by atoms with Gasteiger partial charge in [0, 0.05) is 5.38 Å². The zero-order valence-electron chi connectivity index (χ0n) is 14.5. The summed E-state index contributed by atoms with van der Waals surface area (Å²) in [5, 5.41) is 6.27. The summed E-state index contributed by atoms with van der Waals surface area (Å²) in [6, 6.07) is 4.62. The SMILES string of the molecule is O=C(N/N=C/C1=COC2CCC(Cl)CC2C1=O)C(=O)Nc1cccc(Cl)c1Cl. The lowest BCUT2D eigenvalue weighted by Crippen LogP contribution is -2.40. The van der Waals surface area contributed by atoms with E-state index in [4.69, 9.17) is 39.5 Å². The van der Waals surface area contributed by atoms with Gasteiger partial charge < -0.3 is 10.1 Å². The van der Waals surface area contributed by atoms with Gasteiger partial charge in [-0.3, -0.25) is 14.4 Å². The van der Waals surface area contributed by atoms with Crippen molar-refractivity contribution < 1.29 is 19.1 Å². The number of allylic oxidation sites excluding steroid dienone is 1. The van der Waals surface area contributed by atoms with Crippen molar-refractivity contribution in [2.45, 2.75) is 30.7 Å². The summed E-state index contributed by atoms with van der Waals surface area (Å²) in [6.07, 6.45) is 4.34. The van der Waals surface area contributed by atoms with Gasteiger partial charge in [0.1, 0.15) is 6.10 Å². The van der Waals surface area contributed by atoms with Crippen LogP contribution in [-0.4, -0.2) is 35.3 Å². The average Bonchev–Trinajstić information content (AvgIpc) is 2.67. The second-order valence-electron chi connectivity index (χ2n) is 6.38. The maximum Gasteiger partial charge on any atom is 0.329 e. The molecule has 148 valence electrons. The third kappa shape index (κ3) is 4.66. The highest BCUT2D eigenvalue weighted by Gasteiger charge is 2.39.